The van der Waals surface area contributed by atoms with Gasteiger partial charge in [-0.05, 0) is 90.0 Å². The lowest BCUT2D eigenvalue weighted by Crippen LogP contribution is -2.15. The fourth-order valence-corrected chi connectivity index (χ4v) is 7.33. The summed E-state index contributed by atoms with van der Waals surface area (Å²) in [6.45, 7) is 9.31. The molecule has 0 aliphatic heterocycles. The molecule has 7 aromatic rings. The van der Waals surface area contributed by atoms with E-state index in [-0.39, 0.29) is 5.41 Å². The Morgan fingerprint density at radius 2 is 1.32 bits per heavy atom. The topological polar surface area (TPSA) is 12.9 Å². The molecule has 1 nitrogen and oxygen atoms in total. The predicted molar refractivity (Wildman–Crippen MR) is 176 cm³/mol. The van der Waals surface area contributed by atoms with Gasteiger partial charge in [0.05, 0.1) is 5.69 Å². The van der Waals surface area contributed by atoms with Crippen LogP contribution >= 0.6 is 0 Å². The minimum Gasteiger partial charge on any atom is -0.256 e. The van der Waals surface area contributed by atoms with Crippen molar-refractivity contribution in [2.45, 2.75) is 39.5 Å². The monoisotopic (exact) mass is 527 g/mol. The van der Waals surface area contributed by atoms with Crippen LogP contribution in [0.3, 0.4) is 0 Å². The minimum atomic E-state index is -0.108. The van der Waals surface area contributed by atoms with Crippen molar-refractivity contribution >= 4 is 43.1 Å². The lowest BCUT2D eigenvalue weighted by atomic mass is 9.81. The normalized spacial score (nSPS) is 13.9. The molecule has 8 rings (SSSR count). The van der Waals surface area contributed by atoms with E-state index in [0.29, 0.717) is 5.92 Å². The standard InChI is InChI=1S/C40H33N/c1-24(2)19-25-13-14-27-23-41-37(22-28(27)20-25)26-15-16-34-36(21-26)40(3,4)35-18-17-33-31-11-6-5-9-29(31)30-10-7-8-12-32(30)38(33)39(34)35/h5-18,20-24H,19H2,1-4H3. The maximum atomic E-state index is 4.92. The summed E-state index contributed by atoms with van der Waals surface area (Å²) in [6.07, 6.45) is 3.12. The van der Waals surface area contributed by atoms with Crippen LogP contribution in [-0.2, 0) is 11.8 Å². The number of fused-ring (bicyclic) bond motifs is 11. The van der Waals surface area contributed by atoms with Gasteiger partial charge >= 0.3 is 0 Å². The Labute approximate surface area is 241 Å². The third kappa shape index (κ3) is 3.58. The molecule has 0 N–H and O–H groups in total. The second-order valence-corrected chi connectivity index (χ2v) is 12.7. The maximum Gasteiger partial charge on any atom is 0.0708 e. The van der Waals surface area contributed by atoms with Gasteiger partial charge in [0, 0.05) is 22.6 Å². The third-order valence-electron chi connectivity index (χ3n) is 9.27. The van der Waals surface area contributed by atoms with Crippen LogP contribution in [0, 0.1) is 5.92 Å². The number of rotatable bonds is 3. The summed E-state index contributed by atoms with van der Waals surface area (Å²) in [6, 6.07) is 38.6. The Kier molecular flexibility index (Phi) is 5.19. The molecule has 0 spiro atoms. The lowest BCUT2D eigenvalue weighted by Gasteiger charge is -2.22. The molecule has 0 radical (unpaired) electrons. The highest BCUT2D eigenvalue weighted by Crippen LogP contribution is 2.54. The second kappa shape index (κ2) is 8.75. The van der Waals surface area contributed by atoms with E-state index in [0.717, 1.165) is 12.1 Å². The van der Waals surface area contributed by atoms with Gasteiger partial charge in [0.15, 0.2) is 0 Å². The van der Waals surface area contributed by atoms with Crippen LogP contribution in [0.25, 0.3) is 65.5 Å². The molecular weight excluding hydrogens is 494 g/mol. The molecule has 1 aliphatic rings. The summed E-state index contributed by atoms with van der Waals surface area (Å²) in [7, 11) is 0. The zero-order valence-corrected chi connectivity index (χ0v) is 24.1. The van der Waals surface area contributed by atoms with E-state index in [9.17, 15) is 0 Å². The molecule has 0 unspecified atom stereocenters. The summed E-state index contributed by atoms with van der Waals surface area (Å²) in [5.74, 6) is 0.639. The molecule has 41 heavy (non-hydrogen) atoms. The Balaban J connectivity index is 1.35. The lowest BCUT2D eigenvalue weighted by molar-refractivity contribution is 0.648. The molecule has 0 saturated heterocycles. The molecule has 1 heteroatoms. The SMILES string of the molecule is CC(C)Cc1ccc2cnc(-c3ccc4c(c3)C(C)(C)c3ccc5c6ccccc6c6ccccc6c5c3-4)cc2c1. The molecule has 1 aromatic heterocycles. The molecule has 0 bridgehead atoms. The first-order valence-corrected chi connectivity index (χ1v) is 14.8. The molecule has 0 saturated carbocycles. The van der Waals surface area contributed by atoms with Crippen molar-refractivity contribution in [1.29, 1.82) is 0 Å². The van der Waals surface area contributed by atoms with E-state index in [2.05, 4.69) is 131 Å². The molecule has 0 amide bonds. The summed E-state index contributed by atoms with van der Waals surface area (Å²) >= 11 is 0. The van der Waals surface area contributed by atoms with Crippen molar-refractivity contribution in [3.05, 3.63) is 126 Å². The van der Waals surface area contributed by atoms with Gasteiger partial charge in [-0.25, -0.2) is 0 Å². The Morgan fingerprint density at radius 1 is 0.634 bits per heavy atom. The van der Waals surface area contributed by atoms with Gasteiger partial charge in [0.2, 0.25) is 0 Å². The number of hydrogen-bond acceptors (Lipinski definition) is 1. The van der Waals surface area contributed by atoms with Crippen molar-refractivity contribution in [2.24, 2.45) is 5.92 Å². The fraction of sp³-hybridized carbons (Fsp3) is 0.175. The first kappa shape index (κ1) is 24.3. The number of pyridine rings is 1. The number of benzene rings is 6. The minimum absolute atomic E-state index is 0.108. The van der Waals surface area contributed by atoms with Gasteiger partial charge in [-0.15, -0.1) is 0 Å². The van der Waals surface area contributed by atoms with Crippen LogP contribution in [0.1, 0.15) is 44.4 Å². The van der Waals surface area contributed by atoms with E-state index >= 15 is 0 Å². The molecule has 0 fully saturated rings. The largest absolute Gasteiger partial charge is 0.256 e. The molecule has 1 heterocycles. The van der Waals surface area contributed by atoms with Gasteiger partial charge in [0.1, 0.15) is 0 Å². The van der Waals surface area contributed by atoms with Crippen molar-refractivity contribution < 1.29 is 0 Å². The van der Waals surface area contributed by atoms with Crippen LogP contribution in [0.4, 0.5) is 0 Å². The zero-order chi connectivity index (χ0) is 27.9. The van der Waals surface area contributed by atoms with Crippen LogP contribution < -0.4 is 0 Å². The molecular formula is C40H33N. The summed E-state index contributed by atoms with van der Waals surface area (Å²) in [4.78, 5) is 4.92. The highest BCUT2D eigenvalue weighted by molar-refractivity contribution is 6.29. The number of aromatic nitrogens is 1. The molecule has 1 aliphatic carbocycles. The highest BCUT2D eigenvalue weighted by Gasteiger charge is 2.37. The highest BCUT2D eigenvalue weighted by atomic mass is 14.7. The average molecular weight is 528 g/mol. The first-order chi connectivity index (χ1) is 19.9. The Hall–Kier alpha value is -4.49. The van der Waals surface area contributed by atoms with Gasteiger partial charge in [-0.2, -0.15) is 0 Å². The first-order valence-electron chi connectivity index (χ1n) is 14.8. The predicted octanol–water partition coefficient (Wildman–Crippen LogP) is 10.9. The smallest absolute Gasteiger partial charge is 0.0708 e. The van der Waals surface area contributed by atoms with Crippen molar-refractivity contribution in [2.75, 3.05) is 0 Å². The molecule has 0 atom stereocenters. The van der Waals surface area contributed by atoms with Gasteiger partial charge in [-0.3, -0.25) is 4.98 Å². The number of hydrogen-bond donors (Lipinski definition) is 0. The summed E-state index contributed by atoms with van der Waals surface area (Å²) in [5.41, 5.74) is 9.02. The molecule has 198 valence electrons. The average Bonchev–Trinajstić information content (AvgIpc) is 3.22. The third-order valence-corrected chi connectivity index (χ3v) is 9.27. The van der Waals surface area contributed by atoms with E-state index in [1.807, 2.05) is 6.20 Å². The van der Waals surface area contributed by atoms with E-state index in [4.69, 9.17) is 4.98 Å². The fourth-order valence-electron chi connectivity index (χ4n) is 7.33. The van der Waals surface area contributed by atoms with E-state index in [1.165, 1.54) is 76.5 Å². The van der Waals surface area contributed by atoms with Crippen molar-refractivity contribution in [3.8, 4) is 22.4 Å². The van der Waals surface area contributed by atoms with Crippen LogP contribution in [-0.4, -0.2) is 4.98 Å². The van der Waals surface area contributed by atoms with Gasteiger partial charge < -0.3 is 0 Å². The van der Waals surface area contributed by atoms with Gasteiger partial charge in [-0.1, -0.05) is 119 Å². The van der Waals surface area contributed by atoms with Gasteiger partial charge in [0.25, 0.3) is 0 Å². The zero-order valence-electron chi connectivity index (χ0n) is 24.1. The Morgan fingerprint density at radius 3 is 2.05 bits per heavy atom. The van der Waals surface area contributed by atoms with Crippen LogP contribution in [0.5, 0.6) is 0 Å². The quantitative estimate of drug-likeness (QED) is 0.208. The second-order valence-electron chi connectivity index (χ2n) is 12.7. The van der Waals surface area contributed by atoms with E-state index < -0.39 is 0 Å². The van der Waals surface area contributed by atoms with E-state index in [1.54, 1.807) is 0 Å². The summed E-state index contributed by atoms with van der Waals surface area (Å²) < 4.78 is 0. The summed E-state index contributed by atoms with van der Waals surface area (Å²) in [5, 5.41) is 10.5. The Bertz CT molecular complexity index is 2150. The van der Waals surface area contributed by atoms with Crippen LogP contribution in [0.15, 0.2) is 109 Å². The van der Waals surface area contributed by atoms with Crippen LogP contribution in [0.2, 0.25) is 0 Å². The number of nitrogens with zero attached hydrogens (tertiary/aromatic N) is 1. The van der Waals surface area contributed by atoms with Crippen molar-refractivity contribution in [1.82, 2.24) is 4.98 Å². The molecule has 6 aromatic carbocycles. The maximum absolute atomic E-state index is 4.92. The van der Waals surface area contributed by atoms with Crippen molar-refractivity contribution in [3.63, 3.8) is 0 Å².